The molecule has 6 nitrogen and oxygen atoms in total. The highest BCUT2D eigenvalue weighted by atomic mass is 32.2. The van der Waals surface area contributed by atoms with Crippen molar-refractivity contribution in [1.29, 1.82) is 0 Å². The van der Waals surface area contributed by atoms with Crippen LogP contribution in [0.2, 0.25) is 0 Å². The van der Waals surface area contributed by atoms with Crippen molar-refractivity contribution < 1.29 is 13.2 Å². The topological polar surface area (TPSA) is 101 Å². The molecule has 4 N–H and O–H groups in total. The van der Waals surface area contributed by atoms with Gasteiger partial charge in [0.25, 0.3) is 0 Å². The Bertz CT molecular complexity index is 802. The molecule has 0 saturated heterocycles. The van der Waals surface area contributed by atoms with E-state index in [-0.39, 0.29) is 17.0 Å². The van der Waals surface area contributed by atoms with Crippen LogP contribution in [0.3, 0.4) is 0 Å². The van der Waals surface area contributed by atoms with E-state index in [4.69, 9.17) is 5.14 Å². The van der Waals surface area contributed by atoms with Crippen molar-refractivity contribution in [3.8, 4) is 0 Å². The van der Waals surface area contributed by atoms with E-state index in [9.17, 15) is 13.2 Å². The van der Waals surface area contributed by atoms with Crippen LogP contribution >= 0.6 is 0 Å². The molecule has 0 unspecified atom stereocenters. The maximum atomic E-state index is 12.0. The number of benzene rings is 2. The zero-order valence-electron chi connectivity index (χ0n) is 12.9. The molecule has 0 aliphatic carbocycles. The summed E-state index contributed by atoms with van der Waals surface area (Å²) in [5.74, 6) is 0. The molecule has 0 aliphatic rings. The monoisotopic (exact) mass is 333 g/mol. The SMILES string of the molecule is Cc1cccc(NC(=O)N[C@H](C)c2ccc(S(N)(=O)=O)cc2)c1. The standard InChI is InChI=1S/C16H19N3O3S/c1-11-4-3-5-14(10-11)19-16(20)18-12(2)13-6-8-15(9-7-13)23(17,21)22/h3-10,12H,1-2H3,(H2,17,21,22)(H2,18,19,20)/t12-/m1/s1. The van der Waals surface area contributed by atoms with Crippen LogP contribution in [0.4, 0.5) is 10.5 Å². The molecule has 23 heavy (non-hydrogen) atoms. The van der Waals surface area contributed by atoms with E-state index in [1.165, 1.54) is 12.1 Å². The number of anilines is 1. The molecule has 2 aromatic carbocycles. The summed E-state index contributed by atoms with van der Waals surface area (Å²) in [6.45, 7) is 3.75. The molecule has 0 radical (unpaired) electrons. The Labute approximate surface area is 135 Å². The van der Waals surface area contributed by atoms with Crippen molar-refractivity contribution in [2.75, 3.05) is 5.32 Å². The van der Waals surface area contributed by atoms with Gasteiger partial charge in [-0.15, -0.1) is 0 Å². The Morgan fingerprint density at radius 1 is 1.13 bits per heavy atom. The van der Waals surface area contributed by atoms with Gasteiger partial charge >= 0.3 is 6.03 Å². The second-order valence-electron chi connectivity index (χ2n) is 5.30. The number of carbonyl (C=O) groups is 1. The Kier molecular flexibility index (Phi) is 5.02. The minimum Gasteiger partial charge on any atom is -0.331 e. The summed E-state index contributed by atoms with van der Waals surface area (Å²) in [5, 5.41) is 10.6. The summed E-state index contributed by atoms with van der Waals surface area (Å²) in [7, 11) is -3.71. The highest BCUT2D eigenvalue weighted by molar-refractivity contribution is 7.89. The number of aryl methyl sites for hydroxylation is 1. The van der Waals surface area contributed by atoms with Gasteiger partial charge in [-0.3, -0.25) is 0 Å². The molecule has 0 aromatic heterocycles. The van der Waals surface area contributed by atoms with E-state index in [0.29, 0.717) is 5.69 Å². The summed E-state index contributed by atoms with van der Waals surface area (Å²) in [4.78, 5) is 12.0. The average molecular weight is 333 g/mol. The second-order valence-corrected chi connectivity index (χ2v) is 6.87. The Morgan fingerprint density at radius 2 is 1.78 bits per heavy atom. The summed E-state index contributed by atoms with van der Waals surface area (Å²) >= 11 is 0. The summed E-state index contributed by atoms with van der Waals surface area (Å²) in [6.07, 6.45) is 0. The van der Waals surface area contributed by atoms with Crippen molar-refractivity contribution in [3.05, 3.63) is 59.7 Å². The average Bonchev–Trinajstić information content (AvgIpc) is 2.46. The number of amides is 2. The molecule has 0 spiro atoms. The molecule has 122 valence electrons. The van der Waals surface area contributed by atoms with Gasteiger partial charge in [-0.2, -0.15) is 0 Å². The van der Waals surface area contributed by atoms with E-state index in [2.05, 4.69) is 10.6 Å². The van der Waals surface area contributed by atoms with Gasteiger partial charge in [0.1, 0.15) is 0 Å². The lowest BCUT2D eigenvalue weighted by Crippen LogP contribution is -2.31. The van der Waals surface area contributed by atoms with E-state index in [1.54, 1.807) is 18.2 Å². The minimum absolute atomic E-state index is 0.0395. The molecule has 2 amide bonds. The van der Waals surface area contributed by atoms with Crippen LogP contribution in [0.1, 0.15) is 24.1 Å². The predicted molar refractivity (Wildman–Crippen MR) is 89.6 cm³/mol. The van der Waals surface area contributed by atoms with Gasteiger partial charge in [-0.25, -0.2) is 18.4 Å². The largest absolute Gasteiger partial charge is 0.331 e. The molecule has 0 aliphatic heterocycles. The molecule has 2 aromatic rings. The van der Waals surface area contributed by atoms with Crippen molar-refractivity contribution in [2.45, 2.75) is 24.8 Å². The number of carbonyl (C=O) groups excluding carboxylic acids is 1. The van der Waals surface area contributed by atoms with Gasteiger partial charge in [0.05, 0.1) is 10.9 Å². The normalized spacial score (nSPS) is 12.5. The fraction of sp³-hybridized carbons (Fsp3) is 0.188. The first-order valence-corrected chi connectivity index (χ1v) is 8.57. The molecule has 1 atom stereocenters. The third-order valence-corrected chi connectivity index (χ3v) is 4.26. The van der Waals surface area contributed by atoms with Crippen LogP contribution in [0, 0.1) is 6.92 Å². The zero-order chi connectivity index (χ0) is 17.0. The van der Waals surface area contributed by atoms with E-state index in [1.807, 2.05) is 32.0 Å². The Hall–Kier alpha value is -2.38. The van der Waals surface area contributed by atoms with Gasteiger partial charge in [0, 0.05) is 5.69 Å². The summed E-state index contributed by atoms with van der Waals surface area (Å²) in [6, 6.07) is 12.9. The summed E-state index contributed by atoms with van der Waals surface area (Å²) in [5.41, 5.74) is 2.53. The maximum Gasteiger partial charge on any atom is 0.319 e. The lowest BCUT2D eigenvalue weighted by molar-refractivity contribution is 0.249. The van der Waals surface area contributed by atoms with Crippen molar-refractivity contribution in [1.82, 2.24) is 5.32 Å². The first kappa shape index (κ1) is 17.0. The van der Waals surface area contributed by atoms with Crippen LogP contribution in [0.25, 0.3) is 0 Å². The number of sulfonamides is 1. The number of primary sulfonamides is 1. The van der Waals surface area contributed by atoms with Crippen molar-refractivity contribution >= 4 is 21.7 Å². The first-order valence-electron chi connectivity index (χ1n) is 7.02. The minimum atomic E-state index is -3.71. The highest BCUT2D eigenvalue weighted by Gasteiger charge is 2.12. The number of rotatable bonds is 4. The van der Waals surface area contributed by atoms with E-state index in [0.717, 1.165) is 11.1 Å². The lowest BCUT2D eigenvalue weighted by atomic mass is 10.1. The van der Waals surface area contributed by atoms with Crippen LogP contribution in [-0.2, 0) is 10.0 Å². The zero-order valence-corrected chi connectivity index (χ0v) is 13.7. The fourth-order valence-corrected chi connectivity index (χ4v) is 2.63. The maximum absolute atomic E-state index is 12.0. The van der Waals surface area contributed by atoms with Crippen LogP contribution in [0.5, 0.6) is 0 Å². The van der Waals surface area contributed by atoms with Gasteiger partial charge in [-0.05, 0) is 49.2 Å². The Morgan fingerprint density at radius 3 is 2.35 bits per heavy atom. The van der Waals surface area contributed by atoms with Crippen LogP contribution < -0.4 is 15.8 Å². The molecule has 7 heteroatoms. The van der Waals surface area contributed by atoms with Crippen molar-refractivity contribution in [3.63, 3.8) is 0 Å². The van der Waals surface area contributed by atoms with Crippen LogP contribution in [-0.4, -0.2) is 14.4 Å². The molecule has 0 bridgehead atoms. The third-order valence-electron chi connectivity index (χ3n) is 3.33. The molecule has 0 fully saturated rings. The van der Waals surface area contributed by atoms with Gasteiger partial charge in [0.2, 0.25) is 10.0 Å². The number of nitrogens with one attached hydrogen (secondary N) is 2. The van der Waals surface area contributed by atoms with Crippen LogP contribution in [0.15, 0.2) is 53.4 Å². The third kappa shape index (κ3) is 4.80. The number of urea groups is 1. The smallest absolute Gasteiger partial charge is 0.319 e. The molecular formula is C16H19N3O3S. The molecule has 2 rings (SSSR count). The highest BCUT2D eigenvalue weighted by Crippen LogP contribution is 2.16. The second kappa shape index (κ2) is 6.80. The lowest BCUT2D eigenvalue weighted by Gasteiger charge is -2.15. The van der Waals surface area contributed by atoms with Gasteiger partial charge < -0.3 is 10.6 Å². The first-order chi connectivity index (χ1) is 10.8. The van der Waals surface area contributed by atoms with Crippen molar-refractivity contribution in [2.24, 2.45) is 5.14 Å². The van der Waals surface area contributed by atoms with E-state index < -0.39 is 10.0 Å². The Balaban J connectivity index is 2.01. The predicted octanol–water partition coefficient (Wildman–Crippen LogP) is 2.53. The number of hydrogen-bond donors (Lipinski definition) is 3. The van der Waals surface area contributed by atoms with E-state index >= 15 is 0 Å². The number of hydrogen-bond acceptors (Lipinski definition) is 3. The van der Waals surface area contributed by atoms with Gasteiger partial charge in [-0.1, -0.05) is 24.3 Å². The fourth-order valence-electron chi connectivity index (χ4n) is 2.12. The molecular weight excluding hydrogens is 314 g/mol. The quantitative estimate of drug-likeness (QED) is 0.801. The summed E-state index contributed by atoms with van der Waals surface area (Å²) < 4.78 is 22.4. The molecule has 0 saturated carbocycles. The van der Waals surface area contributed by atoms with Gasteiger partial charge in [0.15, 0.2) is 0 Å². The molecule has 0 heterocycles. The number of nitrogens with two attached hydrogens (primary N) is 1.